The Bertz CT molecular complexity index is 1020. The van der Waals surface area contributed by atoms with Crippen molar-refractivity contribution in [3.05, 3.63) is 52.5 Å². The Kier molecular flexibility index (Phi) is 5.22. The SMILES string of the molecule is NS(=O)(=O)c1cc(C(=O)NNC(=O)c2ccc3c(c2)OCCO3)ccc1Cl. The number of carbonyl (C=O) groups is 2. The van der Waals surface area contributed by atoms with E-state index in [-0.39, 0.29) is 16.1 Å². The van der Waals surface area contributed by atoms with E-state index in [9.17, 15) is 18.0 Å². The van der Waals surface area contributed by atoms with Crippen molar-refractivity contribution in [2.24, 2.45) is 5.14 Å². The Hall–Kier alpha value is -2.82. The quantitative estimate of drug-likeness (QED) is 0.640. The van der Waals surface area contributed by atoms with E-state index in [1.807, 2.05) is 0 Å². The lowest BCUT2D eigenvalue weighted by Crippen LogP contribution is -2.41. The van der Waals surface area contributed by atoms with Gasteiger partial charge in [0.05, 0.1) is 5.02 Å². The molecule has 0 fully saturated rings. The number of ether oxygens (including phenoxy) is 2. The molecule has 1 heterocycles. The number of sulfonamides is 1. The molecule has 27 heavy (non-hydrogen) atoms. The first-order chi connectivity index (χ1) is 12.8. The molecule has 9 nitrogen and oxygen atoms in total. The molecule has 0 spiro atoms. The van der Waals surface area contributed by atoms with E-state index >= 15 is 0 Å². The maximum atomic E-state index is 12.2. The van der Waals surface area contributed by atoms with Gasteiger partial charge < -0.3 is 9.47 Å². The summed E-state index contributed by atoms with van der Waals surface area (Å²) in [4.78, 5) is 23.9. The second-order valence-electron chi connectivity index (χ2n) is 5.46. The highest BCUT2D eigenvalue weighted by molar-refractivity contribution is 7.89. The summed E-state index contributed by atoms with van der Waals surface area (Å²) in [5.41, 5.74) is 4.60. The first-order valence-electron chi connectivity index (χ1n) is 7.58. The van der Waals surface area contributed by atoms with Crippen molar-refractivity contribution in [2.75, 3.05) is 13.2 Å². The fourth-order valence-electron chi connectivity index (χ4n) is 2.31. The highest BCUT2D eigenvalue weighted by Gasteiger charge is 2.18. The zero-order chi connectivity index (χ0) is 19.6. The number of hydrogen-bond acceptors (Lipinski definition) is 6. The second-order valence-corrected chi connectivity index (χ2v) is 7.39. The van der Waals surface area contributed by atoms with Gasteiger partial charge in [-0.2, -0.15) is 0 Å². The average Bonchev–Trinajstić information content (AvgIpc) is 2.64. The van der Waals surface area contributed by atoms with Gasteiger partial charge >= 0.3 is 0 Å². The highest BCUT2D eigenvalue weighted by atomic mass is 35.5. The monoisotopic (exact) mass is 411 g/mol. The van der Waals surface area contributed by atoms with Gasteiger partial charge in [0.25, 0.3) is 11.8 Å². The van der Waals surface area contributed by atoms with Crippen molar-refractivity contribution < 1.29 is 27.5 Å². The lowest BCUT2D eigenvalue weighted by Gasteiger charge is -2.18. The zero-order valence-electron chi connectivity index (χ0n) is 13.7. The van der Waals surface area contributed by atoms with Crippen molar-refractivity contribution in [1.82, 2.24) is 10.9 Å². The number of amides is 2. The first kappa shape index (κ1) is 19.0. The maximum absolute atomic E-state index is 12.2. The maximum Gasteiger partial charge on any atom is 0.269 e. The molecule has 0 bridgehead atoms. The highest BCUT2D eigenvalue weighted by Crippen LogP contribution is 2.30. The van der Waals surface area contributed by atoms with Crippen LogP contribution in [0.15, 0.2) is 41.3 Å². The number of nitrogens with one attached hydrogen (secondary N) is 2. The lowest BCUT2D eigenvalue weighted by atomic mass is 10.2. The molecule has 142 valence electrons. The third kappa shape index (κ3) is 4.30. The van der Waals surface area contributed by atoms with E-state index < -0.39 is 26.7 Å². The summed E-state index contributed by atoms with van der Waals surface area (Å²) in [6.07, 6.45) is 0. The number of primary sulfonamides is 1. The molecule has 0 saturated heterocycles. The van der Waals surface area contributed by atoms with Gasteiger partial charge in [-0.25, -0.2) is 13.6 Å². The van der Waals surface area contributed by atoms with Gasteiger partial charge in [-0.15, -0.1) is 0 Å². The van der Waals surface area contributed by atoms with Crippen LogP contribution in [0.2, 0.25) is 5.02 Å². The van der Waals surface area contributed by atoms with Crippen molar-refractivity contribution >= 4 is 33.4 Å². The molecule has 0 unspecified atom stereocenters. The summed E-state index contributed by atoms with van der Waals surface area (Å²) in [5.74, 6) is -0.391. The van der Waals surface area contributed by atoms with Crippen molar-refractivity contribution in [3.8, 4) is 11.5 Å². The molecule has 0 aliphatic carbocycles. The zero-order valence-corrected chi connectivity index (χ0v) is 15.3. The van der Waals surface area contributed by atoms with Crippen LogP contribution in [-0.4, -0.2) is 33.4 Å². The predicted molar refractivity (Wildman–Crippen MR) is 95.2 cm³/mol. The normalized spacial score (nSPS) is 13.0. The number of nitrogens with two attached hydrogens (primary N) is 1. The summed E-state index contributed by atoms with van der Waals surface area (Å²) in [5, 5.41) is 4.93. The standard InChI is InChI=1S/C16H14ClN3O6S/c17-11-3-1-10(8-14(11)27(18,23)24)16(22)20-19-15(21)9-2-4-12-13(7-9)26-6-5-25-12/h1-4,7-8H,5-6H2,(H,19,21)(H,20,22)(H2,18,23,24). The van der Waals surface area contributed by atoms with Gasteiger partial charge in [0.1, 0.15) is 18.1 Å². The minimum Gasteiger partial charge on any atom is -0.486 e. The third-order valence-corrected chi connectivity index (χ3v) is 4.99. The Labute approximate surface area is 159 Å². The minimum absolute atomic E-state index is 0.0501. The smallest absolute Gasteiger partial charge is 0.269 e. The predicted octanol–water partition coefficient (Wildman–Crippen LogP) is 0.833. The molecule has 0 aromatic heterocycles. The Balaban J connectivity index is 1.70. The second kappa shape index (κ2) is 7.43. The summed E-state index contributed by atoms with van der Waals surface area (Å²) in [6.45, 7) is 0.800. The van der Waals surface area contributed by atoms with Crippen molar-refractivity contribution in [2.45, 2.75) is 4.90 Å². The molecule has 3 rings (SSSR count). The summed E-state index contributed by atoms with van der Waals surface area (Å²) in [6, 6.07) is 8.11. The van der Waals surface area contributed by atoms with Crippen LogP contribution in [0.4, 0.5) is 0 Å². The first-order valence-corrected chi connectivity index (χ1v) is 9.51. The molecule has 2 aromatic carbocycles. The van der Waals surface area contributed by atoms with Crippen molar-refractivity contribution in [1.29, 1.82) is 0 Å². The summed E-state index contributed by atoms with van der Waals surface area (Å²) in [7, 11) is -4.10. The van der Waals surface area contributed by atoms with Crippen LogP contribution >= 0.6 is 11.6 Å². The third-order valence-electron chi connectivity index (χ3n) is 3.59. The molecule has 0 saturated carbocycles. The molecular weight excluding hydrogens is 398 g/mol. The molecule has 2 amide bonds. The van der Waals surface area contributed by atoms with Crippen LogP contribution in [0.1, 0.15) is 20.7 Å². The number of fused-ring (bicyclic) bond motifs is 1. The summed E-state index contributed by atoms with van der Waals surface area (Å²) >= 11 is 5.77. The van der Waals surface area contributed by atoms with E-state index in [4.69, 9.17) is 26.2 Å². The van der Waals surface area contributed by atoms with E-state index in [2.05, 4.69) is 10.9 Å². The van der Waals surface area contributed by atoms with Gasteiger partial charge in [-0.1, -0.05) is 11.6 Å². The number of carbonyl (C=O) groups excluding carboxylic acids is 2. The molecule has 11 heteroatoms. The van der Waals surface area contributed by atoms with Crippen LogP contribution in [0.3, 0.4) is 0 Å². The van der Waals surface area contributed by atoms with Gasteiger partial charge in [0, 0.05) is 11.1 Å². The van der Waals surface area contributed by atoms with E-state index in [1.165, 1.54) is 24.3 Å². The molecule has 1 aliphatic heterocycles. The Morgan fingerprint density at radius 3 is 2.11 bits per heavy atom. The topological polar surface area (TPSA) is 137 Å². The number of benzene rings is 2. The number of hydrazine groups is 1. The van der Waals surface area contributed by atoms with Crippen LogP contribution < -0.4 is 25.5 Å². The van der Waals surface area contributed by atoms with Crippen LogP contribution in [0, 0.1) is 0 Å². The Morgan fingerprint density at radius 1 is 0.926 bits per heavy atom. The van der Waals surface area contributed by atoms with Crippen LogP contribution in [-0.2, 0) is 10.0 Å². The molecule has 2 aromatic rings. The largest absolute Gasteiger partial charge is 0.486 e. The number of halogens is 1. The fourth-order valence-corrected chi connectivity index (χ4v) is 3.38. The number of rotatable bonds is 3. The van der Waals surface area contributed by atoms with Gasteiger partial charge in [-0.3, -0.25) is 20.4 Å². The van der Waals surface area contributed by atoms with Crippen LogP contribution in [0.25, 0.3) is 0 Å². The van der Waals surface area contributed by atoms with E-state index in [1.54, 1.807) is 6.07 Å². The number of hydrogen-bond donors (Lipinski definition) is 3. The molecule has 0 atom stereocenters. The molecule has 1 aliphatic rings. The Morgan fingerprint density at radius 2 is 1.48 bits per heavy atom. The molecule has 0 radical (unpaired) electrons. The van der Waals surface area contributed by atoms with Crippen molar-refractivity contribution in [3.63, 3.8) is 0 Å². The van der Waals surface area contributed by atoms with Gasteiger partial charge in [-0.05, 0) is 36.4 Å². The van der Waals surface area contributed by atoms with E-state index in [0.29, 0.717) is 24.7 Å². The fraction of sp³-hybridized carbons (Fsp3) is 0.125. The van der Waals surface area contributed by atoms with E-state index in [0.717, 1.165) is 6.07 Å². The average molecular weight is 412 g/mol. The minimum atomic E-state index is -4.10. The molecular formula is C16H14ClN3O6S. The lowest BCUT2D eigenvalue weighted by molar-refractivity contribution is 0.0846. The van der Waals surface area contributed by atoms with Crippen LogP contribution in [0.5, 0.6) is 11.5 Å². The van der Waals surface area contributed by atoms with Gasteiger partial charge in [0.2, 0.25) is 10.0 Å². The summed E-state index contributed by atoms with van der Waals surface area (Å²) < 4.78 is 33.7. The van der Waals surface area contributed by atoms with Gasteiger partial charge in [0.15, 0.2) is 11.5 Å². The molecule has 4 N–H and O–H groups in total.